The van der Waals surface area contributed by atoms with Gasteiger partial charge in [0.25, 0.3) is 0 Å². The average Bonchev–Trinajstić information content (AvgIpc) is 2.11. The second-order valence-corrected chi connectivity index (χ2v) is 22.8. The lowest BCUT2D eigenvalue weighted by molar-refractivity contribution is -0.128. The van der Waals surface area contributed by atoms with E-state index in [4.69, 9.17) is 59.7 Å². The number of likely N-dealkylation sites (N-methyl/N-ethyl adjacent to an activating group) is 1. The normalized spacial score (nSPS) is 18.3. The number of aliphatic hydroxyl groups excluding tert-OH is 1. The smallest absolute Gasteiger partial charge is 0.318 e. The molecule has 0 saturated carbocycles. The SMILES string of the molecule is CCc1cnn2c(NCc3ccc(OCCOCCOCCOCCOCCOC/C=C/C(=O)N4CCN(c5nc(OC[C@@H]6CCCN6C)nc6c5CCN(c5cccc7cccc(Cl)c57)C6)C[C@@H]4CC#N)nc3)cc(N3CCCC[C@H]3CCO)nc12. The van der Waals surface area contributed by atoms with Gasteiger partial charge in [0, 0.05) is 105 Å². The number of hydrogen-bond donors (Lipinski definition) is 2. The number of anilines is 4. The maximum atomic E-state index is 13.6. The number of piperidine rings is 1. The van der Waals surface area contributed by atoms with Crippen molar-refractivity contribution >= 4 is 57.1 Å². The van der Waals surface area contributed by atoms with E-state index in [1.54, 1.807) is 17.2 Å². The molecule has 3 atom stereocenters. The van der Waals surface area contributed by atoms with Crippen LogP contribution in [-0.4, -0.2) is 201 Å². The molecule has 4 aliphatic rings. The molecule has 23 heteroatoms. The number of halogens is 1. The van der Waals surface area contributed by atoms with Crippen molar-refractivity contribution in [3.05, 3.63) is 107 Å². The lowest BCUT2D eigenvalue weighted by atomic mass is 9.99. The van der Waals surface area contributed by atoms with Crippen molar-refractivity contribution in [1.82, 2.24) is 39.3 Å². The number of nitrogens with zero attached hydrogens (tertiary/aromatic N) is 12. The Morgan fingerprint density at radius 2 is 1.59 bits per heavy atom. The third-order valence-electron chi connectivity index (χ3n) is 16.7. The van der Waals surface area contributed by atoms with E-state index in [2.05, 4.69) is 85.4 Å². The molecule has 22 nitrogen and oxygen atoms in total. The molecule has 3 saturated heterocycles. The molecule has 4 aliphatic heterocycles. The number of nitrogens with one attached hydrogen (secondary N) is 1. The van der Waals surface area contributed by atoms with E-state index in [-0.39, 0.29) is 37.6 Å². The van der Waals surface area contributed by atoms with Gasteiger partial charge in [0.1, 0.15) is 30.7 Å². The molecule has 0 bridgehead atoms. The lowest BCUT2D eigenvalue weighted by Crippen LogP contribution is -2.55. The van der Waals surface area contributed by atoms with Gasteiger partial charge in [0.05, 0.1) is 108 Å². The molecule has 4 aromatic heterocycles. The molecule has 2 N–H and O–H groups in total. The van der Waals surface area contributed by atoms with E-state index in [9.17, 15) is 15.2 Å². The van der Waals surface area contributed by atoms with Gasteiger partial charge in [-0.2, -0.15) is 24.8 Å². The Kier molecular flexibility index (Phi) is 23.4. The number of rotatable bonds is 32. The van der Waals surface area contributed by atoms with Crippen molar-refractivity contribution in [2.45, 2.75) is 95.9 Å². The molecule has 466 valence electrons. The first kappa shape index (κ1) is 63.1. The molecule has 10 rings (SSSR count). The molecule has 0 unspecified atom stereocenters. The topological polar surface area (TPSA) is 223 Å². The Hall–Kier alpha value is -6.94. The van der Waals surface area contributed by atoms with Crippen LogP contribution in [0.3, 0.4) is 0 Å². The highest BCUT2D eigenvalue weighted by Gasteiger charge is 2.34. The van der Waals surface area contributed by atoms with E-state index < -0.39 is 0 Å². The van der Waals surface area contributed by atoms with Crippen LogP contribution in [0.2, 0.25) is 5.02 Å². The molecule has 87 heavy (non-hydrogen) atoms. The third kappa shape index (κ3) is 16.8. The minimum absolute atomic E-state index is 0.157. The van der Waals surface area contributed by atoms with Gasteiger partial charge >= 0.3 is 6.01 Å². The van der Waals surface area contributed by atoms with Crippen molar-refractivity contribution in [1.29, 1.82) is 5.26 Å². The molecular weight excluding hydrogens is 1130 g/mol. The Morgan fingerprint density at radius 1 is 0.816 bits per heavy atom. The van der Waals surface area contributed by atoms with Crippen LogP contribution < -0.4 is 29.5 Å². The maximum Gasteiger partial charge on any atom is 0.318 e. The van der Waals surface area contributed by atoms with E-state index in [0.717, 1.165) is 127 Å². The standard InChI is InChI=1S/C64H84ClN13O9/c1-3-48-43-69-78-57(40-58(71-62(48)78)76-24-5-4-12-50(76)21-28-79)67-41-47-17-18-59(68-42-47)86-39-38-85-37-36-84-35-34-83-33-32-82-31-30-81-29-9-16-60(80)77-27-26-75(44-51(77)19-22-66)63-53-20-25-74(56-15-7-11-49-10-6-14-54(65)61(49)56)45-55(53)70-64(72-63)87-46-52-13-8-23-73(52)2/h6-7,9-11,14-18,40,42-43,50-52,67,79H,3-5,8,12-13,19-21,23-39,41,44-46H2,1-2H3/b16-9+/t50-,51-,52-/m0/s1. The first-order valence-corrected chi connectivity index (χ1v) is 31.4. The summed E-state index contributed by atoms with van der Waals surface area (Å²) in [6.07, 6.45) is 14.9. The molecular formula is C64H84ClN13O9. The number of nitriles is 1. The van der Waals surface area contributed by atoms with Crippen LogP contribution in [-0.2, 0) is 54.4 Å². The highest BCUT2D eigenvalue weighted by Crippen LogP contribution is 2.38. The van der Waals surface area contributed by atoms with Crippen LogP contribution in [0.1, 0.15) is 74.3 Å². The van der Waals surface area contributed by atoms with Crippen LogP contribution in [0.4, 0.5) is 23.1 Å². The summed E-state index contributed by atoms with van der Waals surface area (Å²) in [4.78, 5) is 44.2. The highest BCUT2D eigenvalue weighted by atomic mass is 35.5. The number of likely N-dealkylation sites (tertiary alicyclic amines) is 1. The van der Waals surface area contributed by atoms with Crippen LogP contribution in [0, 0.1) is 11.3 Å². The van der Waals surface area contributed by atoms with Gasteiger partial charge in [-0.25, -0.2) is 9.97 Å². The summed E-state index contributed by atoms with van der Waals surface area (Å²) in [6.45, 7) is 12.4. The van der Waals surface area contributed by atoms with Crippen LogP contribution in [0.25, 0.3) is 16.4 Å². The number of pyridine rings is 1. The zero-order valence-electron chi connectivity index (χ0n) is 50.4. The Bertz CT molecular complexity index is 3230. The molecule has 6 aromatic rings. The molecule has 8 heterocycles. The number of aromatic nitrogens is 6. The van der Waals surface area contributed by atoms with Crippen molar-refractivity contribution < 1.29 is 43.1 Å². The number of fused-ring (bicyclic) bond motifs is 3. The summed E-state index contributed by atoms with van der Waals surface area (Å²) in [6, 6.07) is 21.1. The highest BCUT2D eigenvalue weighted by molar-refractivity contribution is 6.36. The number of hydrogen-bond acceptors (Lipinski definition) is 20. The minimum atomic E-state index is -0.336. The molecule has 0 aliphatic carbocycles. The number of benzene rings is 2. The van der Waals surface area contributed by atoms with E-state index >= 15 is 0 Å². The van der Waals surface area contributed by atoms with E-state index in [0.29, 0.717) is 135 Å². The predicted molar refractivity (Wildman–Crippen MR) is 334 cm³/mol. The van der Waals surface area contributed by atoms with Crippen molar-refractivity contribution in [3.8, 4) is 18.0 Å². The maximum absolute atomic E-state index is 13.6. The van der Waals surface area contributed by atoms with Crippen molar-refractivity contribution in [2.75, 3.05) is 152 Å². The summed E-state index contributed by atoms with van der Waals surface area (Å²) < 4.78 is 42.4. The number of amides is 1. The van der Waals surface area contributed by atoms with Crippen LogP contribution in [0.15, 0.2) is 79.1 Å². The van der Waals surface area contributed by atoms with Crippen LogP contribution in [0.5, 0.6) is 11.9 Å². The molecule has 0 spiro atoms. The fourth-order valence-electron chi connectivity index (χ4n) is 12.0. The first-order valence-electron chi connectivity index (χ1n) is 31.0. The zero-order chi connectivity index (χ0) is 60.2. The van der Waals surface area contributed by atoms with Gasteiger partial charge in [0.15, 0.2) is 5.65 Å². The number of carbonyl (C=O) groups excluding carboxylic acids is 1. The number of piperazine rings is 1. The second-order valence-electron chi connectivity index (χ2n) is 22.4. The molecule has 1 amide bonds. The fraction of sp³-hybridized carbons (Fsp3) is 0.547. The number of aliphatic hydroxyl groups is 1. The van der Waals surface area contributed by atoms with Gasteiger partial charge in [-0.15, -0.1) is 0 Å². The van der Waals surface area contributed by atoms with Gasteiger partial charge in [0.2, 0.25) is 11.8 Å². The number of aryl methyl sites for hydroxylation is 1. The minimum Gasteiger partial charge on any atom is -0.475 e. The largest absolute Gasteiger partial charge is 0.475 e. The number of carbonyl (C=O) groups is 1. The van der Waals surface area contributed by atoms with E-state index in [1.807, 2.05) is 35.0 Å². The fourth-order valence-corrected chi connectivity index (χ4v) is 12.3. The molecule has 3 fully saturated rings. The summed E-state index contributed by atoms with van der Waals surface area (Å²) in [5, 5.41) is 30.7. The molecule has 0 radical (unpaired) electrons. The first-order chi connectivity index (χ1) is 42.8. The van der Waals surface area contributed by atoms with Crippen molar-refractivity contribution in [3.63, 3.8) is 0 Å². The summed E-state index contributed by atoms with van der Waals surface area (Å²) in [5.74, 6) is 2.95. The lowest BCUT2D eigenvalue weighted by Gasteiger charge is -2.42. The molecule has 2 aromatic carbocycles. The van der Waals surface area contributed by atoms with Gasteiger partial charge in [-0.1, -0.05) is 54.9 Å². The van der Waals surface area contributed by atoms with Gasteiger partial charge < -0.3 is 68.1 Å². The monoisotopic (exact) mass is 1210 g/mol. The van der Waals surface area contributed by atoms with Gasteiger partial charge in [-0.3, -0.25) is 4.79 Å². The quantitative estimate of drug-likeness (QED) is 0.0312. The average molecular weight is 1210 g/mol. The van der Waals surface area contributed by atoms with Crippen molar-refractivity contribution in [2.24, 2.45) is 0 Å². The third-order valence-corrected chi connectivity index (χ3v) is 17.0. The Morgan fingerprint density at radius 3 is 2.32 bits per heavy atom. The van der Waals surface area contributed by atoms with Crippen LogP contribution >= 0.6 is 11.6 Å². The summed E-state index contributed by atoms with van der Waals surface area (Å²) in [7, 11) is 2.13. The Labute approximate surface area is 515 Å². The summed E-state index contributed by atoms with van der Waals surface area (Å²) >= 11 is 6.79. The second kappa shape index (κ2) is 32.3. The van der Waals surface area contributed by atoms with E-state index in [1.165, 1.54) is 6.08 Å². The zero-order valence-corrected chi connectivity index (χ0v) is 51.2. The summed E-state index contributed by atoms with van der Waals surface area (Å²) in [5.41, 5.74) is 5.98. The Balaban J connectivity index is 0.571. The predicted octanol–water partition coefficient (Wildman–Crippen LogP) is 7.32. The number of ether oxygens (including phenoxy) is 7. The van der Waals surface area contributed by atoms with Gasteiger partial charge in [-0.05, 0) is 88.0 Å².